The fourth-order valence-electron chi connectivity index (χ4n) is 1.81. The Morgan fingerprint density at radius 1 is 1.30 bits per heavy atom. The SMILES string of the molecule is CCN(CCOC)S(=O)(=O)c1ccc(OC)c(CCl)c1. The summed E-state index contributed by atoms with van der Waals surface area (Å²) in [7, 11) is -0.476. The summed E-state index contributed by atoms with van der Waals surface area (Å²) in [5.74, 6) is 0.774. The van der Waals surface area contributed by atoms with Crippen LogP contribution in [0.2, 0.25) is 0 Å². The lowest BCUT2D eigenvalue weighted by Crippen LogP contribution is -2.33. The standard InChI is InChI=1S/C13H20ClNO4S/c1-4-15(7-8-18-2)20(16,17)12-5-6-13(19-3)11(9-12)10-14/h5-6,9H,4,7-8,10H2,1-3H3. The Bertz CT molecular complexity index is 533. The van der Waals surface area contributed by atoms with Gasteiger partial charge in [0.1, 0.15) is 5.75 Å². The number of halogens is 1. The first kappa shape index (κ1) is 17.2. The van der Waals surface area contributed by atoms with Gasteiger partial charge in [-0.25, -0.2) is 8.42 Å². The molecule has 0 aromatic heterocycles. The summed E-state index contributed by atoms with van der Waals surface area (Å²) < 4.78 is 36.5. The summed E-state index contributed by atoms with van der Waals surface area (Å²) in [5, 5.41) is 0. The number of likely N-dealkylation sites (N-methyl/N-ethyl adjacent to an activating group) is 1. The van der Waals surface area contributed by atoms with Gasteiger partial charge in [0.15, 0.2) is 0 Å². The van der Waals surface area contributed by atoms with Crippen molar-refractivity contribution in [2.45, 2.75) is 17.7 Å². The van der Waals surface area contributed by atoms with Crippen LogP contribution in [-0.2, 0) is 20.6 Å². The van der Waals surface area contributed by atoms with Gasteiger partial charge in [-0.05, 0) is 18.2 Å². The third-order valence-electron chi connectivity index (χ3n) is 2.93. The van der Waals surface area contributed by atoms with E-state index in [-0.39, 0.29) is 10.8 Å². The van der Waals surface area contributed by atoms with E-state index in [1.165, 1.54) is 17.5 Å². The van der Waals surface area contributed by atoms with Crippen molar-refractivity contribution < 1.29 is 17.9 Å². The minimum absolute atomic E-state index is 0.191. The lowest BCUT2D eigenvalue weighted by Gasteiger charge is -2.20. The summed E-state index contributed by atoms with van der Waals surface area (Å²) in [6.07, 6.45) is 0. The number of rotatable bonds is 8. The van der Waals surface area contributed by atoms with Crippen LogP contribution in [0.1, 0.15) is 12.5 Å². The maximum Gasteiger partial charge on any atom is 0.243 e. The van der Waals surface area contributed by atoms with E-state index in [0.29, 0.717) is 31.0 Å². The zero-order valence-electron chi connectivity index (χ0n) is 11.9. The number of hydrogen-bond acceptors (Lipinski definition) is 4. The van der Waals surface area contributed by atoms with Crippen LogP contribution in [0.25, 0.3) is 0 Å². The highest BCUT2D eigenvalue weighted by Crippen LogP contribution is 2.25. The molecule has 0 saturated heterocycles. The molecule has 1 aromatic carbocycles. The van der Waals surface area contributed by atoms with Crippen molar-refractivity contribution in [1.82, 2.24) is 4.31 Å². The van der Waals surface area contributed by atoms with Gasteiger partial charge in [-0.3, -0.25) is 0 Å². The average Bonchev–Trinajstić information content (AvgIpc) is 2.46. The average molecular weight is 322 g/mol. The number of ether oxygens (including phenoxy) is 2. The molecule has 5 nitrogen and oxygen atoms in total. The molecular formula is C13H20ClNO4S. The number of nitrogens with zero attached hydrogens (tertiary/aromatic N) is 1. The molecule has 0 saturated carbocycles. The molecule has 0 radical (unpaired) electrons. The second kappa shape index (κ2) is 7.83. The zero-order valence-corrected chi connectivity index (χ0v) is 13.5. The van der Waals surface area contributed by atoms with Gasteiger partial charge < -0.3 is 9.47 Å². The molecule has 0 N–H and O–H groups in total. The van der Waals surface area contributed by atoms with E-state index in [0.717, 1.165) is 0 Å². The van der Waals surface area contributed by atoms with E-state index in [1.54, 1.807) is 26.2 Å². The van der Waals surface area contributed by atoms with Crippen molar-refractivity contribution in [3.05, 3.63) is 23.8 Å². The maximum absolute atomic E-state index is 12.5. The number of methoxy groups -OCH3 is 2. The van der Waals surface area contributed by atoms with Gasteiger partial charge in [0, 0.05) is 25.8 Å². The fourth-order valence-corrected chi connectivity index (χ4v) is 3.50. The highest BCUT2D eigenvalue weighted by molar-refractivity contribution is 7.89. The molecule has 0 aliphatic rings. The molecule has 0 fully saturated rings. The van der Waals surface area contributed by atoms with Gasteiger partial charge >= 0.3 is 0 Å². The Hall–Kier alpha value is -0.820. The zero-order chi connectivity index (χ0) is 15.2. The first-order valence-corrected chi connectivity index (χ1v) is 8.20. The highest BCUT2D eigenvalue weighted by Gasteiger charge is 2.23. The Kier molecular flexibility index (Phi) is 6.75. The van der Waals surface area contributed by atoms with Crippen molar-refractivity contribution in [2.24, 2.45) is 0 Å². The van der Waals surface area contributed by atoms with Crippen molar-refractivity contribution >= 4 is 21.6 Å². The van der Waals surface area contributed by atoms with Gasteiger partial charge in [0.05, 0.1) is 24.5 Å². The van der Waals surface area contributed by atoms with Crippen LogP contribution in [0, 0.1) is 0 Å². The monoisotopic (exact) mass is 321 g/mol. The summed E-state index contributed by atoms with van der Waals surface area (Å²) in [6.45, 7) is 2.84. The summed E-state index contributed by atoms with van der Waals surface area (Å²) in [4.78, 5) is 0.215. The van der Waals surface area contributed by atoms with Crippen LogP contribution in [0.4, 0.5) is 0 Å². The number of benzene rings is 1. The first-order valence-electron chi connectivity index (χ1n) is 6.23. The van der Waals surface area contributed by atoms with E-state index in [1.807, 2.05) is 0 Å². The molecular weight excluding hydrogens is 302 g/mol. The predicted molar refractivity (Wildman–Crippen MR) is 78.9 cm³/mol. The van der Waals surface area contributed by atoms with Crippen LogP contribution >= 0.6 is 11.6 Å². The third-order valence-corrected chi connectivity index (χ3v) is 5.19. The summed E-state index contributed by atoms with van der Waals surface area (Å²) in [5.41, 5.74) is 0.651. The molecule has 0 aliphatic heterocycles. The lowest BCUT2D eigenvalue weighted by atomic mass is 10.2. The van der Waals surface area contributed by atoms with Crippen molar-refractivity contribution in [3.63, 3.8) is 0 Å². The number of hydrogen-bond donors (Lipinski definition) is 0. The van der Waals surface area contributed by atoms with Gasteiger partial charge in [0.25, 0.3) is 0 Å². The van der Waals surface area contributed by atoms with Crippen molar-refractivity contribution in [2.75, 3.05) is 33.9 Å². The molecule has 0 aliphatic carbocycles. The van der Waals surface area contributed by atoms with Crippen LogP contribution < -0.4 is 4.74 Å². The molecule has 114 valence electrons. The smallest absolute Gasteiger partial charge is 0.243 e. The molecule has 20 heavy (non-hydrogen) atoms. The molecule has 0 heterocycles. The molecule has 1 rings (SSSR count). The highest BCUT2D eigenvalue weighted by atomic mass is 35.5. The molecule has 7 heteroatoms. The predicted octanol–water partition coefficient (Wildman–Crippen LogP) is 2.09. The van der Waals surface area contributed by atoms with Crippen LogP contribution in [-0.4, -0.2) is 46.6 Å². The number of alkyl halides is 1. The normalized spacial score (nSPS) is 11.8. The van der Waals surface area contributed by atoms with Gasteiger partial charge in [-0.15, -0.1) is 11.6 Å². The van der Waals surface area contributed by atoms with E-state index in [9.17, 15) is 8.42 Å². The minimum atomic E-state index is -3.54. The molecule has 0 unspecified atom stereocenters. The Labute approximate surface area is 125 Å². The van der Waals surface area contributed by atoms with Gasteiger partial charge in [-0.2, -0.15) is 4.31 Å². The third kappa shape index (κ3) is 3.85. The summed E-state index contributed by atoms with van der Waals surface area (Å²) >= 11 is 5.82. The van der Waals surface area contributed by atoms with Crippen LogP contribution in [0.3, 0.4) is 0 Å². The second-order valence-corrected chi connectivity index (χ2v) is 6.30. The van der Waals surface area contributed by atoms with E-state index < -0.39 is 10.0 Å². The topological polar surface area (TPSA) is 55.8 Å². The van der Waals surface area contributed by atoms with Gasteiger partial charge in [-0.1, -0.05) is 6.92 Å². The summed E-state index contributed by atoms with van der Waals surface area (Å²) in [6, 6.07) is 4.70. The molecule has 0 amide bonds. The van der Waals surface area contributed by atoms with E-state index >= 15 is 0 Å². The van der Waals surface area contributed by atoms with Crippen molar-refractivity contribution in [3.8, 4) is 5.75 Å². The molecule has 0 bridgehead atoms. The van der Waals surface area contributed by atoms with E-state index in [2.05, 4.69) is 0 Å². The minimum Gasteiger partial charge on any atom is -0.496 e. The molecule has 1 aromatic rings. The first-order chi connectivity index (χ1) is 9.51. The quantitative estimate of drug-likeness (QED) is 0.688. The fraction of sp³-hybridized carbons (Fsp3) is 0.538. The molecule has 0 spiro atoms. The van der Waals surface area contributed by atoms with Crippen LogP contribution in [0.15, 0.2) is 23.1 Å². The largest absolute Gasteiger partial charge is 0.496 e. The van der Waals surface area contributed by atoms with Gasteiger partial charge in [0.2, 0.25) is 10.0 Å². The van der Waals surface area contributed by atoms with Crippen molar-refractivity contribution in [1.29, 1.82) is 0 Å². The Balaban J connectivity index is 3.13. The number of sulfonamides is 1. The maximum atomic E-state index is 12.5. The second-order valence-electron chi connectivity index (χ2n) is 4.10. The van der Waals surface area contributed by atoms with Crippen LogP contribution in [0.5, 0.6) is 5.75 Å². The van der Waals surface area contributed by atoms with E-state index in [4.69, 9.17) is 21.1 Å². The Morgan fingerprint density at radius 2 is 2.00 bits per heavy atom. The Morgan fingerprint density at radius 3 is 2.50 bits per heavy atom. The molecule has 0 atom stereocenters. The lowest BCUT2D eigenvalue weighted by molar-refractivity contribution is 0.180.